The third-order valence-electron chi connectivity index (χ3n) is 4.40. The molecule has 2 amide bonds. The smallest absolute Gasteiger partial charge is 0.408 e. The van der Waals surface area contributed by atoms with Crippen LogP contribution < -0.4 is 10.6 Å². The van der Waals surface area contributed by atoms with Crippen molar-refractivity contribution >= 4 is 18.0 Å². The quantitative estimate of drug-likeness (QED) is 0.644. The van der Waals surface area contributed by atoms with Gasteiger partial charge >= 0.3 is 12.1 Å². The third kappa shape index (κ3) is 7.29. The number of nitrogens with one attached hydrogen (secondary N) is 2. The number of alkyl carbamates (subject to hydrolysis) is 1. The zero-order valence-corrected chi connectivity index (χ0v) is 16.7. The summed E-state index contributed by atoms with van der Waals surface area (Å²) in [6.45, 7) is 7.49. The topological polar surface area (TPSA) is 93.7 Å². The highest BCUT2D eigenvalue weighted by molar-refractivity contribution is 5.89. The molecule has 0 saturated carbocycles. The Bertz CT molecular complexity index is 618. The molecule has 150 valence electrons. The van der Waals surface area contributed by atoms with Gasteiger partial charge in [-0.2, -0.15) is 0 Å². The first-order valence-electron chi connectivity index (χ1n) is 9.15. The fraction of sp³-hybridized carbons (Fsp3) is 0.550. The molecule has 0 aliphatic heterocycles. The summed E-state index contributed by atoms with van der Waals surface area (Å²) in [6.07, 6.45) is 0.00437. The Morgan fingerprint density at radius 1 is 1.00 bits per heavy atom. The van der Waals surface area contributed by atoms with Gasteiger partial charge in [-0.25, -0.2) is 9.59 Å². The predicted molar refractivity (Wildman–Crippen MR) is 102 cm³/mol. The molecule has 0 aliphatic rings. The monoisotopic (exact) mass is 378 g/mol. The van der Waals surface area contributed by atoms with Gasteiger partial charge < -0.3 is 20.1 Å². The molecular weight excluding hydrogens is 348 g/mol. The van der Waals surface area contributed by atoms with Crippen LogP contribution in [0.15, 0.2) is 30.3 Å². The zero-order valence-electron chi connectivity index (χ0n) is 16.7. The summed E-state index contributed by atoms with van der Waals surface area (Å²) in [4.78, 5) is 36.7. The average molecular weight is 378 g/mol. The molecule has 0 saturated heterocycles. The Balaban J connectivity index is 2.71. The summed E-state index contributed by atoms with van der Waals surface area (Å²) < 4.78 is 9.96. The average Bonchev–Trinajstić information content (AvgIpc) is 2.67. The lowest BCUT2D eigenvalue weighted by molar-refractivity contribution is -0.147. The number of esters is 1. The summed E-state index contributed by atoms with van der Waals surface area (Å²) in [5.74, 6) is -1.24. The number of amides is 2. The van der Waals surface area contributed by atoms with Gasteiger partial charge in [0.05, 0.1) is 7.11 Å². The predicted octanol–water partition coefficient (Wildman–Crippen LogP) is 2.64. The van der Waals surface area contributed by atoms with Crippen LogP contribution in [0.5, 0.6) is 0 Å². The Hall–Kier alpha value is -2.57. The van der Waals surface area contributed by atoms with E-state index in [-0.39, 0.29) is 18.4 Å². The molecule has 0 unspecified atom stereocenters. The van der Waals surface area contributed by atoms with Crippen molar-refractivity contribution in [1.82, 2.24) is 10.6 Å². The molecule has 0 aromatic heterocycles. The molecule has 3 atom stereocenters. The minimum Gasteiger partial charge on any atom is -0.467 e. The van der Waals surface area contributed by atoms with Crippen LogP contribution in [0.4, 0.5) is 4.79 Å². The van der Waals surface area contributed by atoms with Crippen molar-refractivity contribution in [2.45, 2.75) is 52.8 Å². The highest BCUT2D eigenvalue weighted by atomic mass is 16.5. The van der Waals surface area contributed by atoms with Crippen molar-refractivity contribution in [2.24, 2.45) is 11.8 Å². The minimum atomic E-state index is -0.829. The van der Waals surface area contributed by atoms with Crippen molar-refractivity contribution in [1.29, 1.82) is 0 Å². The standard InChI is InChI=1S/C20H30N2O5/c1-6-14(4)17(19(24)26-5)21-18(23)16(13(2)3)22-20(25)27-12-15-10-8-7-9-11-15/h7-11,13-14,16-17H,6,12H2,1-5H3,(H,21,23)(H,22,25)/t14-,16-,17-/m0/s1. The molecular formula is C20H30N2O5. The van der Waals surface area contributed by atoms with Crippen molar-refractivity contribution in [3.05, 3.63) is 35.9 Å². The van der Waals surface area contributed by atoms with E-state index in [9.17, 15) is 14.4 Å². The lowest BCUT2D eigenvalue weighted by atomic mass is 9.97. The van der Waals surface area contributed by atoms with Gasteiger partial charge in [0.1, 0.15) is 18.7 Å². The zero-order chi connectivity index (χ0) is 20.4. The van der Waals surface area contributed by atoms with Crippen LogP contribution in [0.1, 0.15) is 39.7 Å². The number of carbonyl (C=O) groups is 3. The molecule has 0 aliphatic carbocycles. The third-order valence-corrected chi connectivity index (χ3v) is 4.40. The second-order valence-corrected chi connectivity index (χ2v) is 6.82. The Labute approximate surface area is 160 Å². The normalized spacial score (nSPS) is 14.0. The SMILES string of the molecule is CC[C@H](C)[C@H](NC(=O)[C@@H](NC(=O)OCc1ccccc1)C(C)C)C(=O)OC. The second-order valence-electron chi connectivity index (χ2n) is 6.82. The lowest BCUT2D eigenvalue weighted by Gasteiger charge is -2.26. The highest BCUT2D eigenvalue weighted by Gasteiger charge is 2.32. The largest absolute Gasteiger partial charge is 0.467 e. The van der Waals surface area contributed by atoms with Gasteiger partial charge in [-0.1, -0.05) is 64.4 Å². The molecule has 1 rings (SSSR count). The van der Waals surface area contributed by atoms with E-state index in [1.54, 1.807) is 13.8 Å². The van der Waals surface area contributed by atoms with Gasteiger partial charge in [-0.05, 0) is 17.4 Å². The molecule has 0 bridgehead atoms. The number of benzene rings is 1. The van der Waals surface area contributed by atoms with Crippen LogP contribution >= 0.6 is 0 Å². The number of ether oxygens (including phenoxy) is 2. The van der Waals surface area contributed by atoms with Crippen LogP contribution in [0.3, 0.4) is 0 Å². The van der Waals surface area contributed by atoms with E-state index in [1.165, 1.54) is 7.11 Å². The summed E-state index contributed by atoms with van der Waals surface area (Å²) in [5.41, 5.74) is 0.848. The van der Waals surface area contributed by atoms with Crippen molar-refractivity contribution in [3.8, 4) is 0 Å². The Kier molecular flexibility index (Phi) is 9.33. The number of carbonyl (C=O) groups excluding carboxylic acids is 3. The number of methoxy groups -OCH3 is 1. The molecule has 1 aromatic carbocycles. The maximum atomic E-state index is 12.7. The van der Waals surface area contributed by atoms with E-state index < -0.39 is 30.1 Å². The van der Waals surface area contributed by atoms with Gasteiger partial charge in [0.25, 0.3) is 0 Å². The summed E-state index contributed by atoms with van der Waals surface area (Å²) in [7, 11) is 1.28. The van der Waals surface area contributed by atoms with Gasteiger partial charge in [-0.3, -0.25) is 4.79 Å². The van der Waals surface area contributed by atoms with Crippen molar-refractivity contribution < 1.29 is 23.9 Å². The Morgan fingerprint density at radius 3 is 2.15 bits per heavy atom. The van der Waals surface area contributed by atoms with E-state index in [0.29, 0.717) is 6.42 Å². The first-order valence-corrected chi connectivity index (χ1v) is 9.15. The van der Waals surface area contributed by atoms with Crippen LogP contribution in [0.2, 0.25) is 0 Å². The van der Waals surface area contributed by atoms with Crippen LogP contribution in [-0.2, 0) is 25.7 Å². The molecule has 27 heavy (non-hydrogen) atoms. The molecule has 0 heterocycles. The summed E-state index contributed by atoms with van der Waals surface area (Å²) in [6, 6.07) is 7.66. The summed E-state index contributed by atoms with van der Waals surface area (Å²) in [5, 5.41) is 5.28. The van der Waals surface area contributed by atoms with Crippen LogP contribution in [0, 0.1) is 11.8 Å². The van der Waals surface area contributed by atoms with E-state index in [4.69, 9.17) is 9.47 Å². The molecule has 7 nitrogen and oxygen atoms in total. The van der Waals surface area contributed by atoms with Crippen molar-refractivity contribution in [3.63, 3.8) is 0 Å². The fourth-order valence-corrected chi connectivity index (χ4v) is 2.47. The van der Waals surface area contributed by atoms with Crippen LogP contribution in [0.25, 0.3) is 0 Å². The maximum absolute atomic E-state index is 12.7. The van der Waals surface area contributed by atoms with Gasteiger partial charge in [0.15, 0.2) is 0 Å². The van der Waals surface area contributed by atoms with Crippen molar-refractivity contribution in [2.75, 3.05) is 7.11 Å². The number of rotatable bonds is 9. The fourth-order valence-electron chi connectivity index (χ4n) is 2.47. The summed E-state index contributed by atoms with van der Waals surface area (Å²) >= 11 is 0. The number of hydrogen-bond acceptors (Lipinski definition) is 5. The van der Waals surface area contributed by atoms with Gasteiger partial charge in [0.2, 0.25) is 5.91 Å². The molecule has 1 aromatic rings. The highest BCUT2D eigenvalue weighted by Crippen LogP contribution is 2.11. The first kappa shape index (κ1) is 22.5. The van der Waals surface area contributed by atoms with E-state index in [1.807, 2.05) is 44.2 Å². The van der Waals surface area contributed by atoms with Crippen LogP contribution in [-0.4, -0.2) is 37.2 Å². The molecule has 0 fully saturated rings. The number of hydrogen-bond donors (Lipinski definition) is 2. The maximum Gasteiger partial charge on any atom is 0.408 e. The second kappa shape index (κ2) is 11.2. The minimum absolute atomic E-state index is 0.0979. The first-order chi connectivity index (χ1) is 12.8. The Morgan fingerprint density at radius 2 is 1.63 bits per heavy atom. The molecule has 0 spiro atoms. The van der Waals surface area contributed by atoms with Gasteiger partial charge in [0, 0.05) is 0 Å². The lowest BCUT2D eigenvalue weighted by Crippen LogP contribution is -2.55. The van der Waals surface area contributed by atoms with E-state index in [2.05, 4.69) is 10.6 Å². The van der Waals surface area contributed by atoms with Gasteiger partial charge in [-0.15, -0.1) is 0 Å². The van der Waals surface area contributed by atoms with E-state index in [0.717, 1.165) is 5.56 Å². The molecule has 7 heteroatoms. The van der Waals surface area contributed by atoms with E-state index >= 15 is 0 Å². The molecule has 2 N–H and O–H groups in total. The molecule has 0 radical (unpaired) electrons.